The molecule has 0 radical (unpaired) electrons. The number of hydrogen-bond acceptors (Lipinski definition) is 1. The Morgan fingerprint density at radius 3 is 1.53 bits per heavy atom. The largest absolute Gasteiger partial charge is 0.497 e. The number of rotatable bonds is 1. The summed E-state index contributed by atoms with van der Waals surface area (Å²) in [5, 5.41) is 0. The molecule has 0 aliphatic heterocycles. The van der Waals surface area contributed by atoms with Crippen molar-refractivity contribution in [3.8, 4) is 5.75 Å². The summed E-state index contributed by atoms with van der Waals surface area (Å²) in [7, 11) is 1.66. The maximum Gasteiger partial charge on any atom is 0.118 e. The minimum Gasteiger partial charge on any atom is -0.497 e. The van der Waals surface area contributed by atoms with E-state index >= 15 is 0 Å². The average Bonchev–Trinajstić information content (AvgIpc) is 2.32. The third-order valence-corrected chi connectivity index (χ3v) is 2.43. The predicted molar refractivity (Wildman–Crippen MR) is 72.2 cm³/mol. The number of ether oxygens (including phenoxy) is 1. The molecule has 0 heterocycles. The zero-order chi connectivity index (χ0) is 10.9. The molecule has 15 heavy (non-hydrogen) atoms. The monoisotopic (exact) mass is 312 g/mol. The van der Waals surface area contributed by atoms with E-state index in [-0.39, 0.29) is 0 Å². The summed E-state index contributed by atoms with van der Waals surface area (Å²) < 4.78 is 6.21. The molecule has 2 rings (SSSR count). The molecule has 0 fully saturated rings. The molecule has 2 aromatic rings. The zero-order valence-electron chi connectivity index (χ0n) is 8.56. The van der Waals surface area contributed by atoms with Crippen LogP contribution in [0.3, 0.4) is 0 Å². The van der Waals surface area contributed by atoms with E-state index in [1.807, 2.05) is 48.5 Å². The fourth-order valence-electron chi connectivity index (χ4n) is 0.971. The molecule has 0 unspecified atom stereocenters. The Labute approximate surface area is 104 Å². The predicted octanol–water partition coefficient (Wildman–Crippen LogP) is 3.99. The van der Waals surface area contributed by atoms with Gasteiger partial charge in [0, 0.05) is 3.57 Å². The van der Waals surface area contributed by atoms with E-state index in [0.717, 1.165) is 5.75 Å². The van der Waals surface area contributed by atoms with Crippen LogP contribution in [-0.4, -0.2) is 7.11 Å². The maximum atomic E-state index is 4.91. The van der Waals surface area contributed by atoms with Gasteiger partial charge in [0.15, 0.2) is 0 Å². The molecule has 0 N–H and O–H groups in total. The molecule has 0 saturated heterocycles. The van der Waals surface area contributed by atoms with Crippen molar-refractivity contribution in [3.63, 3.8) is 0 Å². The number of halogens is 1. The molecule has 2 aromatic carbocycles. The van der Waals surface area contributed by atoms with Gasteiger partial charge in [0.2, 0.25) is 0 Å². The second kappa shape index (κ2) is 7.29. The van der Waals surface area contributed by atoms with Crippen molar-refractivity contribution in [2.45, 2.75) is 0 Å². The summed E-state index contributed by atoms with van der Waals surface area (Å²) in [6.45, 7) is 0. The minimum absolute atomic E-state index is 0.910. The van der Waals surface area contributed by atoms with Crippen LogP contribution in [-0.2, 0) is 0 Å². The Kier molecular flexibility index (Phi) is 5.85. The van der Waals surface area contributed by atoms with Gasteiger partial charge in [0.1, 0.15) is 5.75 Å². The molecule has 1 nitrogen and oxygen atoms in total. The van der Waals surface area contributed by atoms with Crippen molar-refractivity contribution in [1.29, 1.82) is 0 Å². The molecule has 0 amide bonds. The molecule has 78 valence electrons. The van der Waals surface area contributed by atoms with E-state index in [4.69, 9.17) is 4.74 Å². The summed E-state index contributed by atoms with van der Waals surface area (Å²) in [5.74, 6) is 0.910. The molecule has 0 atom stereocenters. The van der Waals surface area contributed by atoms with E-state index in [2.05, 4.69) is 34.7 Å². The highest BCUT2D eigenvalue weighted by atomic mass is 127. The van der Waals surface area contributed by atoms with Gasteiger partial charge < -0.3 is 4.74 Å². The van der Waals surface area contributed by atoms with E-state index in [9.17, 15) is 0 Å². The van der Waals surface area contributed by atoms with E-state index in [1.54, 1.807) is 7.11 Å². The van der Waals surface area contributed by atoms with Crippen LogP contribution in [0.1, 0.15) is 0 Å². The lowest BCUT2D eigenvalue weighted by molar-refractivity contribution is 0.415. The van der Waals surface area contributed by atoms with Gasteiger partial charge in [0.05, 0.1) is 7.11 Å². The van der Waals surface area contributed by atoms with Gasteiger partial charge in [-0.25, -0.2) is 0 Å². The first kappa shape index (κ1) is 12.0. The van der Waals surface area contributed by atoms with Gasteiger partial charge in [-0.15, -0.1) is 0 Å². The SMILES string of the molecule is COc1ccccc1.Ic1ccccc1. The summed E-state index contributed by atoms with van der Waals surface area (Å²) in [6.07, 6.45) is 0. The fraction of sp³-hybridized carbons (Fsp3) is 0.0769. The molecule has 0 aliphatic carbocycles. The quantitative estimate of drug-likeness (QED) is 0.724. The highest BCUT2D eigenvalue weighted by molar-refractivity contribution is 14.1. The molecular formula is C13H13IO. The van der Waals surface area contributed by atoms with E-state index < -0.39 is 0 Å². The maximum absolute atomic E-state index is 4.91. The lowest BCUT2D eigenvalue weighted by atomic mass is 10.3. The van der Waals surface area contributed by atoms with Crippen molar-refractivity contribution in [2.75, 3.05) is 7.11 Å². The van der Waals surface area contributed by atoms with Crippen LogP contribution in [0.25, 0.3) is 0 Å². The molecule has 2 heteroatoms. The Morgan fingerprint density at radius 2 is 1.27 bits per heavy atom. The Bertz CT molecular complexity index is 359. The first-order chi connectivity index (χ1) is 7.33. The van der Waals surface area contributed by atoms with Crippen LogP contribution >= 0.6 is 22.6 Å². The van der Waals surface area contributed by atoms with Crippen molar-refractivity contribution in [3.05, 3.63) is 64.2 Å². The van der Waals surface area contributed by atoms with E-state index in [0.29, 0.717) is 0 Å². The third kappa shape index (κ3) is 5.42. The lowest BCUT2D eigenvalue weighted by Gasteiger charge is -1.93. The van der Waals surface area contributed by atoms with Crippen LogP contribution in [0.4, 0.5) is 0 Å². The smallest absolute Gasteiger partial charge is 0.118 e. The molecule has 0 aromatic heterocycles. The van der Waals surface area contributed by atoms with Crippen molar-refractivity contribution < 1.29 is 4.74 Å². The van der Waals surface area contributed by atoms with Crippen molar-refractivity contribution >= 4 is 22.6 Å². The van der Waals surface area contributed by atoms with Gasteiger partial charge in [-0.1, -0.05) is 36.4 Å². The Hall–Kier alpha value is -1.03. The highest BCUT2D eigenvalue weighted by Crippen LogP contribution is 2.05. The molecule has 0 bridgehead atoms. The lowest BCUT2D eigenvalue weighted by Crippen LogP contribution is -1.78. The average molecular weight is 312 g/mol. The number of benzene rings is 2. The minimum atomic E-state index is 0.910. The summed E-state index contributed by atoms with van der Waals surface area (Å²) in [6, 6.07) is 19.9. The van der Waals surface area contributed by atoms with Gasteiger partial charge in [-0.05, 0) is 46.9 Å². The fourth-order valence-corrected chi connectivity index (χ4v) is 1.39. The number of para-hydroxylation sites is 1. The first-order valence-corrected chi connectivity index (χ1v) is 5.70. The molecule has 0 spiro atoms. The second-order valence-electron chi connectivity index (χ2n) is 2.81. The molecular weight excluding hydrogens is 299 g/mol. The summed E-state index contributed by atoms with van der Waals surface area (Å²) in [4.78, 5) is 0. The third-order valence-electron chi connectivity index (χ3n) is 1.71. The zero-order valence-corrected chi connectivity index (χ0v) is 10.7. The van der Waals surface area contributed by atoms with Gasteiger partial charge in [-0.2, -0.15) is 0 Å². The number of hydrogen-bond donors (Lipinski definition) is 0. The summed E-state index contributed by atoms with van der Waals surface area (Å²) in [5.41, 5.74) is 0. The van der Waals surface area contributed by atoms with E-state index in [1.165, 1.54) is 3.57 Å². The van der Waals surface area contributed by atoms with Gasteiger partial charge >= 0.3 is 0 Å². The molecule has 0 saturated carbocycles. The first-order valence-electron chi connectivity index (χ1n) is 4.62. The van der Waals surface area contributed by atoms with Gasteiger partial charge in [0.25, 0.3) is 0 Å². The molecule has 0 aliphatic rings. The van der Waals surface area contributed by atoms with Crippen LogP contribution < -0.4 is 4.74 Å². The second-order valence-corrected chi connectivity index (χ2v) is 4.06. The van der Waals surface area contributed by atoms with Crippen LogP contribution in [0.5, 0.6) is 5.75 Å². The Balaban J connectivity index is 0.000000151. The van der Waals surface area contributed by atoms with Gasteiger partial charge in [-0.3, -0.25) is 0 Å². The normalized spacial score (nSPS) is 8.67. The van der Waals surface area contributed by atoms with Crippen molar-refractivity contribution in [2.24, 2.45) is 0 Å². The Morgan fingerprint density at radius 1 is 0.800 bits per heavy atom. The van der Waals surface area contributed by atoms with Crippen LogP contribution in [0.15, 0.2) is 60.7 Å². The van der Waals surface area contributed by atoms with Crippen LogP contribution in [0.2, 0.25) is 0 Å². The topological polar surface area (TPSA) is 9.23 Å². The summed E-state index contributed by atoms with van der Waals surface area (Å²) >= 11 is 2.28. The number of methoxy groups -OCH3 is 1. The van der Waals surface area contributed by atoms with Crippen molar-refractivity contribution in [1.82, 2.24) is 0 Å². The van der Waals surface area contributed by atoms with Crippen LogP contribution in [0, 0.1) is 3.57 Å². The highest BCUT2D eigenvalue weighted by Gasteiger charge is 1.80. The standard InChI is InChI=1S/C7H8O.C6H5I/c1-8-7-5-3-2-4-6-7;7-6-4-2-1-3-5-6/h2-6H,1H3;1-5H.